The van der Waals surface area contributed by atoms with Crippen molar-refractivity contribution in [2.75, 3.05) is 45.8 Å². The molecule has 2 saturated heterocycles. The number of nitrogens with one attached hydrogen (secondary N) is 3. The Morgan fingerprint density at radius 3 is 1.40 bits per heavy atom. The molecule has 0 bridgehead atoms. The molecule has 2 aromatic rings. The van der Waals surface area contributed by atoms with E-state index in [1.54, 1.807) is 0 Å². The van der Waals surface area contributed by atoms with E-state index in [1.165, 1.54) is 0 Å². The number of carbonyl (C=O) groups excluding carboxylic acids is 3. The first-order chi connectivity index (χ1) is 21.2. The number of hydrogen-bond donors (Lipinski definition) is 3. The van der Waals surface area contributed by atoms with Gasteiger partial charge in [-0.15, -0.1) is 0 Å². The Labute approximate surface area is 328 Å². The molecule has 53 heavy (non-hydrogen) atoms. The van der Waals surface area contributed by atoms with Crippen LogP contribution in [0.4, 0.5) is 9.59 Å². The lowest BCUT2D eigenvalue weighted by Gasteiger charge is -2.32. The molecular formula is C43H86N4O6. The van der Waals surface area contributed by atoms with Gasteiger partial charge in [0, 0.05) is 13.1 Å². The van der Waals surface area contributed by atoms with Gasteiger partial charge in [0.15, 0.2) is 0 Å². The minimum Gasteiger partial charge on any atom is -0.459 e. The fourth-order valence-corrected chi connectivity index (χ4v) is 4.99. The van der Waals surface area contributed by atoms with Gasteiger partial charge in [-0.05, 0) is 95.6 Å². The van der Waals surface area contributed by atoms with Gasteiger partial charge in [0.25, 0.3) is 0 Å². The Morgan fingerprint density at radius 1 is 0.642 bits per heavy atom. The first-order valence-corrected chi connectivity index (χ1v) is 15.7. The number of hydrogen-bond acceptors (Lipinski definition) is 8. The normalized spacial score (nSPS) is 13.4. The van der Waals surface area contributed by atoms with Crippen molar-refractivity contribution in [1.29, 1.82) is 0 Å². The Morgan fingerprint density at radius 2 is 1.02 bits per heavy atom. The molecule has 10 nitrogen and oxygen atoms in total. The van der Waals surface area contributed by atoms with Crippen LogP contribution in [0.15, 0.2) is 60.7 Å². The van der Waals surface area contributed by atoms with Crippen molar-refractivity contribution in [3.63, 3.8) is 0 Å². The first-order valence-electron chi connectivity index (χ1n) is 15.7. The van der Waals surface area contributed by atoms with Crippen molar-refractivity contribution < 1.29 is 28.6 Å². The van der Waals surface area contributed by atoms with E-state index < -0.39 is 5.60 Å². The fourth-order valence-electron chi connectivity index (χ4n) is 4.99. The highest BCUT2D eigenvalue weighted by Crippen LogP contribution is 2.17. The van der Waals surface area contributed by atoms with E-state index in [-0.39, 0.29) is 91.6 Å². The third kappa shape index (κ3) is 29.5. The number of ether oxygens (including phenoxy) is 3. The van der Waals surface area contributed by atoms with Gasteiger partial charge in [-0.1, -0.05) is 128 Å². The van der Waals surface area contributed by atoms with Crippen molar-refractivity contribution in [3.8, 4) is 0 Å². The summed E-state index contributed by atoms with van der Waals surface area (Å²) >= 11 is 0. The predicted molar refractivity (Wildman–Crippen MR) is 230 cm³/mol. The standard InChI is InChI=1S/C20H30N2O4.C14H20N2O2.9CH4/c1-20(2,3)26-18(23)14-22-11-9-16(10-12-22)13-21-19(24)25-15-17-7-5-4-6-8-17;17-14(16-10-12-6-8-15-9-7-12)18-11-13-4-2-1-3-5-13;;;;;;;;;/h4-8,16H,9-15H2,1-3H3,(H,21,24);1-5,12,15H,6-11H2,(H,16,17);9*1H4. The maximum Gasteiger partial charge on any atom is 0.407 e. The number of likely N-dealkylation sites (tertiary alicyclic amines) is 1. The lowest BCUT2D eigenvalue weighted by Crippen LogP contribution is -2.42. The first kappa shape index (κ1) is 64.3. The summed E-state index contributed by atoms with van der Waals surface area (Å²) in [5.41, 5.74) is 1.53. The summed E-state index contributed by atoms with van der Waals surface area (Å²) in [6, 6.07) is 19.3. The number of amides is 2. The van der Waals surface area contributed by atoms with Crippen LogP contribution in [-0.4, -0.2) is 74.5 Å². The smallest absolute Gasteiger partial charge is 0.407 e. The zero-order valence-electron chi connectivity index (χ0n) is 26.5. The van der Waals surface area contributed by atoms with Crippen LogP contribution < -0.4 is 16.0 Å². The van der Waals surface area contributed by atoms with E-state index in [9.17, 15) is 14.4 Å². The molecule has 2 aliphatic heterocycles. The van der Waals surface area contributed by atoms with Crippen molar-refractivity contribution in [2.45, 2.75) is 132 Å². The van der Waals surface area contributed by atoms with Crippen LogP contribution in [0.1, 0.15) is 124 Å². The number of alkyl carbamates (subject to hydrolysis) is 2. The number of benzene rings is 2. The molecular weight excluding hydrogens is 668 g/mol. The maximum absolute atomic E-state index is 11.9. The second kappa shape index (κ2) is 35.4. The van der Waals surface area contributed by atoms with E-state index in [2.05, 4.69) is 20.9 Å². The summed E-state index contributed by atoms with van der Waals surface area (Å²) in [7, 11) is 0. The van der Waals surface area contributed by atoms with Gasteiger partial charge in [0.05, 0.1) is 6.54 Å². The van der Waals surface area contributed by atoms with Gasteiger partial charge in [0.2, 0.25) is 0 Å². The van der Waals surface area contributed by atoms with Crippen LogP contribution in [0.2, 0.25) is 0 Å². The van der Waals surface area contributed by atoms with Gasteiger partial charge < -0.3 is 30.2 Å². The number of nitrogens with zero attached hydrogens (tertiary/aromatic N) is 1. The summed E-state index contributed by atoms with van der Waals surface area (Å²) in [6.07, 6.45) is 3.43. The van der Waals surface area contributed by atoms with E-state index in [0.29, 0.717) is 31.5 Å². The molecule has 0 aromatic heterocycles. The lowest BCUT2D eigenvalue weighted by atomic mass is 9.97. The molecule has 4 rings (SSSR count). The molecule has 0 aliphatic carbocycles. The third-order valence-electron chi connectivity index (χ3n) is 7.43. The number of rotatable bonds is 10. The fraction of sp³-hybridized carbons (Fsp3) is 0.651. The third-order valence-corrected chi connectivity index (χ3v) is 7.43. The molecule has 0 atom stereocenters. The van der Waals surface area contributed by atoms with E-state index in [1.807, 2.05) is 81.4 Å². The molecule has 2 aromatic carbocycles. The van der Waals surface area contributed by atoms with Crippen LogP contribution in [-0.2, 0) is 32.2 Å². The monoisotopic (exact) mass is 755 g/mol. The van der Waals surface area contributed by atoms with Crippen LogP contribution >= 0.6 is 0 Å². The summed E-state index contributed by atoms with van der Waals surface area (Å²) in [5, 5.41) is 8.98. The number of esters is 1. The van der Waals surface area contributed by atoms with Gasteiger partial charge in [-0.25, -0.2) is 9.59 Å². The summed E-state index contributed by atoms with van der Waals surface area (Å²) in [4.78, 5) is 37.3. The molecule has 2 heterocycles. The zero-order valence-corrected chi connectivity index (χ0v) is 26.5. The average molecular weight is 755 g/mol. The lowest BCUT2D eigenvalue weighted by molar-refractivity contribution is -0.156. The Bertz CT molecular complexity index is 1110. The minimum absolute atomic E-state index is 0. The molecule has 0 radical (unpaired) electrons. The summed E-state index contributed by atoms with van der Waals surface area (Å²) in [5.74, 6) is 0.809. The summed E-state index contributed by atoms with van der Waals surface area (Å²) < 4.78 is 15.7. The molecule has 314 valence electrons. The maximum atomic E-state index is 11.9. The highest BCUT2D eigenvalue weighted by Gasteiger charge is 2.24. The van der Waals surface area contributed by atoms with Gasteiger partial charge in [0.1, 0.15) is 18.8 Å². The van der Waals surface area contributed by atoms with Crippen molar-refractivity contribution in [1.82, 2.24) is 20.9 Å². The molecule has 2 fully saturated rings. The second-order valence-corrected chi connectivity index (χ2v) is 12.4. The Balaban J connectivity index is -0.000000142. The SMILES string of the molecule is C.C.C.C.C.C.C.C.C.CC(C)(C)OC(=O)CN1CCC(CNC(=O)OCc2ccccc2)CC1.O=C(NCC1CCNCC1)OCc1ccccc1. The van der Waals surface area contributed by atoms with Gasteiger partial charge >= 0.3 is 18.2 Å². The van der Waals surface area contributed by atoms with Crippen LogP contribution in [0, 0.1) is 11.8 Å². The van der Waals surface area contributed by atoms with Crippen LogP contribution in [0.5, 0.6) is 0 Å². The Hall–Kier alpha value is -3.63. The van der Waals surface area contributed by atoms with Crippen LogP contribution in [0.25, 0.3) is 0 Å². The van der Waals surface area contributed by atoms with E-state index in [0.717, 1.165) is 69.5 Å². The number of piperidine rings is 2. The molecule has 3 N–H and O–H groups in total. The van der Waals surface area contributed by atoms with Crippen molar-refractivity contribution in [3.05, 3.63) is 71.8 Å². The Kier molecular flexibility index (Phi) is 43.0. The molecule has 2 amide bonds. The summed E-state index contributed by atoms with van der Waals surface area (Å²) in [6.45, 7) is 11.7. The number of carbonyl (C=O) groups is 3. The van der Waals surface area contributed by atoms with Crippen molar-refractivity contribution >= 4 is 18.2 Å². The molecule has 2 aliphatic rings. The molecule has 0 spiro atoms. The molecule has 0 saturated carbocycles. The average Bonchev–Trinajstić information content (AvgIpc) is 3.02. The van der Waals surface area contributed by atoms with Gasteiger partial charge in [-0.3, -0.25) is 9.69 Å². The molecule has 10 heteroatoms. The highest BCUT2D eigenvalue weighted by molar-refractivity contribution is 5.72. The van der Waals surface area contributed by atoms with Crippen molar-refractivity contribution in [2.24, 2.45) is 11.8 Å². The van der Waals surface area contributed by atoms with E-state index >= 15 is 0 Å². The van der Waals surface area contributed by atoms with Crippen LogP contribution in [0.3, 0.4) is 0 Å². The predicted octanol–water partition coefficient (Wildman–Crippen LogP) is 10.6. The minimum atomic E-state index is -0.445. The van der Waals surface area contributed by atoms with E-state index in [4.69, 9.17) is 14.2 Å². The zero-order chi connectivity index (χ0) is 31.6. The quantitative estimate of drug-likeness (QED) is 0.162. The topological polar surface area (TPSA) is 118 Å². The largest absolute Gasteiger partial charge is 0.459 e. The van der Waals surface area contributed by atoms with Gasteiger partial charge in [-0.2, -0.15) is 0 Å². The second-order valence-electron chi connectivity index (χ2n) is 12.4. The molecule has 0 unspecified atom stereocenters. The highest BCUT2D eigenvalue weighted by atomic mass is 16.6.